The van der Waals surface area contributed by atoms with E-state index in [0.717, 1.165) is 0 Å². The number of aliphatic hydroxyl groups is 1. The third-order valence-corrected chi connectivity index (χ3v) is 1.73. The van der Waals surface area contributed by atoms with Gasteiger partial charge in [0.25, 0.3) is 0 Å². The molecule has 2 heterocycles. The SMILES string of the molecule is OCc1nc2ncnc(Cl)c2[nH]1. The first kappa shape index (κ1) is 7.45. The second-order valence-corrected chi connectivity index (χ2v) is 2.56. The Bertz CT molecular complexity index is 413. The first-order chi connectivity index (χ1) is 5.81. The summed E-state index contributed by atoms with van der Waals surface area (Å²) in [6, 6.07) is 0. The Balaban J connectivity index is 2.74. The van der Waals surface area contributed by atoms with E-state index in [2.05, 4.69) is 19.9 Å². The van der Waals surface area contributed by atoms with Gasteiger partial charge in [0.1, 0.15) is 24.3 Å². The minimum atomic E-state index is -0.160. The molecule has 5 nitrogen and oxygen atoms in total. The summed E-state index contributed by atoms with van der Waals surface area (Å²) in [7, 11) is 0. The zero-order chi connectivity index (χ0) is 8.55. The van der Waals surface area contributed by atoms with Gasteiger partial charge in [-0.3, -0.25) is 0 Å². The van der Waals surface area contributed by atoms with E-state index in [4.69, 9.17) is 16.7 Å². The molecule has 2 rings (SSSR count). The molecule has 62 valence electrons. The largest absolute Gasteiger partial charge is 0.388 e. The summed E-state index contributed by atoms with van der Waals surface area (Å²) in [5.74, 6) is 0.437. The number of hydrogen-bond acceptors (Lipinski definition) is 4. The number of imidazole rings is 1. The fourth-order valence-corrected chi connectivity index (χ4v) is 1.10. The Morgan fingerprint density at radius 2 is 2.33 bits per heavy atom. The number of H-pyrrole nitrogens is 1. The van der Waals surface area contributed by atoms with Crippen LogP contribution in [0.15, 0.2) is 6.33 Å². The van der Waals surface area contributed by atoms with Gasteiger partial charge in [-0.25, -0.2) is 15.0 Å². The van der Waals surface area contributed by atoms with Gasteiger partial charge in [0.05, 0.1) is 0 Å². The fourth-order valence-electron chi connectivity index (χ4n) is 0.923. The number of fused-ring (bicyclic) bond motifs is 1. The van der Waals surface area contributed by atoms with E-state index in [0.29, 0.717) is 22.1 Å². The molecule has 0 aliphatic heterocycles. The Kier molecular flexibility index (Phi) is 1.67. The number of hydrogen-bond donors (Lipinski definition) is 2. The average molecular weight is 185 g/mol. The van der Waals surface area contributed by atoms with Gasteiger partial charge >= 0.3 is 0 Å². The molecule has 0 radical (unpaired) electrons. The highest BCUT2D eigenvalue weighted by atomic mass is 35.5. The minimum absolute atomic E-state index is 0.160. The van der Waals surface area contributed by atoms with Crippen LogP contribution < -0.4 is 0 Å². The van der Waals surface area contributed by atoms with Crippen molar-refractivity contribution in [3.05, 3.63) is 17.3 Å². The quantitative estimate of drug-likeness (QED) is 0.633. The van der Waals surface area contributed by atoms with Crippen LogP contribution in [-0.2, 0) is 6.61 Å². The molecular formula is C6H5ClN4O. The normalized spacial score (nSPS) is 10.8. The van der Waals surface area contributed by atoms with Crippen LogP contribution in [0.4, 0.5) is 0 Å². The molecule has 6 heteroatoms. The number of halogens is 1. The van der Waals surface area contributed by atoms with Gasteiger partial charge in [-0.2, -0.15) is 0 Å². The summed E-state index contributed by atoms with van der Waals surface area (Å²) in [5.41, 5.74) is 1.03. The van der Waals surface area contributed by atoms with Crippen molar-refractivity contribution in [1.82, 2.24) is 19.9 Å². The van der Waals surface area contributed by atoms with E-state index in [1.807, 2.05) is 0 Å². The molecule has 0 saturated carbocycles. The van der Waals surface area contributed by atoms with Crippen LogP contribution in [0, 0.1) is 0 Å². The molecule has 0 amide bonds. The van der Waals surface area contributed by atoms with Gasteiger partial charge < -0.3 is 10.1 Å². The molecule has 2 N–H and O–H groups in total. The third-order valence-electron chi connectivity index (χ3n) is 1.44. The summed E-state index contributed by atoms with van der Waals surface area (Å²) in [6.07, 6.45) is 1.33. The highest BCUT2D eigenvalue weighted by Gasteiger charge is 2.05. The molecule has 0 aliphatic carbocycles. The number of aliphatic hydroxyl groups excluding tert-OH is 1. The highest BCUT2D eigenvalue weighted by molar-refractivity contribution is 6.33. The first-order valence-electron chi connectivity index (χ1n) is 3.27. The predicted molar refractivity (Wildman–Crippen MR) is 42.6 cm³/mol. The third kappa shape index (κ3) is 1.03. The van der Waals surface area contributed by atoms with Crippen molar-refractivity contribution in [2.24, 2.45) is 0 Å². The first-order valence-corrected chi connectivity index (χ1v) is 3.65. The molecular weight excluding hydrogens is 180 g/mol. The van der Waals surface area contributed by atoms with Gasteiger partial charge in [-0.15, -0.1) is 0 Å². The molecule has 0 atom stereocenters. The maximum Gasteiger partial charge on any atom is 0.182 e. The lowest BCUT2D eigenvalue weighted by molar-refractivity contribution is 0.273. The topological polar surface area (TPSA) is 74.7 Å². The lowest BCUT2D eigenvalue weighted by atomic mass is 10.6. The van der Waals surface area contributed by atoms with Gasteiger partial charge in [0.2, 0.25) is 0 Å². The lowest BCUT2D eigenvalue weighted by Crippen LogP contribution is -1.83. The molecule has 0 aromatic carbocycles. The smallest absolute Gasteiger partial charge is 0.182 e. The van der Waals surface area contributed by atoms with Gasteiger partial charge in [0.15, 0.2) is 10.8 Å². The van der Waals surface area contributed by atoms with E-state index in [1.54, 1.807) is 0 Å². The van der Waals surface area contributed by atoms with Crippen molar-refractivity contribution in [2.75, 3.05) is 0 Å². The number of nitrogens with zero attached hydrogens (tertiary/aromatic N) is 3. The van der Waals surface area contributed by atoms with Crippen molar-refractivity contribution in [3.63, 3.8) is 0 Å². The van der Waals surface area contributed by atoms with Crippen LogP contribution >= 0.6 is 11.6 Å². The van der Waals surface area contributed by atoms with Gasteiger partial charge in [0, 0.05) is 0 Å². The number of nitrogens with one attached hydrogen (secondary N) is 1. The summed E-state index contributed by atoms with van der Waals surface area (Å²) in [5, 5.41) is 9.06. The average Bonchev–Trinajstić information content (AvgIpc) is 2.49. The second kappa shape index (κ2) is 2.69. The predicted octanol–water partition coefficient (Wildman–Crippen LogP) is 0.499. The number of aromatic amines is 1. The zero-order valence-corrected chi connectivity index (χ0v) is 6.71. The molecule has 0 spiro atoms. The standard InChI is InChI=1S/C6H5ClN4O/c7-5-4-6(9-2-8-5)11-3(1-12)10-4/h2,12H,1H2,(H,8,9,10,11). The van der Waals surface area contributed by atoms with Crippen LogP contribution in [0.2, 0.25) is 5.15 Å². The Morgan fingerprint density at radius 1 is 1.50 bits per heavy atom. The van der Waals surface area contributed by atoms with Gasteiger partial charge in [-0.1, -0.05) is 11.6 Å². The lowest BCUT2D eigenvalue weighted by Gasteiger charge is -1.87. The molecule has 0 saturated heterocycles. The number of aromatic nitrogens is 4. The summed E-state index contributed by atoms with van der Waals surface area (Å²) >= 11 is 5.72. The molecule has 0 fully saturated rings. The van der Waals surface area contributed by atoms with E-state index in [1.165, 1.54) is 6.33 Å². The van der Waals surface area contributed by atoms with Crippen LogP contribution in [0.25, 0.3) is 11.2 Å². The minimum Gasteiger partial charge on any atom is -0.388 e. The van der Waals surface area contributed by atoms with E-state index in [-0.39, 0.29) is 6.61 Å². The maximum atomic E-state index is 8.74. The molecule has 2 aromatic rings. The van der Waals surface area contributed by atoms with Crippen LogP contribution in [0.5, 0.6) is 0 Å². The van der Waals surface area contributed by atoms with Crippen molar-refractivity contribution in [1.29, 1.82) is 0 Å². The zero-order valence-electron chi connectivity index (χ0n) is 5.95. The molecule has 0 unspecified atom stereocenters. The molecule has 0 aliphatic rings. The van der Waals surface area contributed by atoms with Crippen LogP contribution in [-0.4, -0.2) is 25.0 Å². The highest BCUT2D eigenvalue weighted by Crippen LogP contribution is 2.15. The van der Waals surface area contributed by atoms with Crippen molar-refractivity contribution in [2.45, 2.75) is 6.61 Å². The monoisotopic (exact) mass is 184 g/mol. The maximum absolute atomic E-state index is 8.74. The van der Waals surface area contributed by atoms with Gasteiger partial charge in [-0.05, 0) is 0 Å². The van der Waals surface area contributed by atoms with Crippen molar-refractivity contribution in [3.8, 4) is 0 Å². The second-order valence-electron chi connectivity index (χ2n) is 2.20. The summed E-state index contributed by atoms with van der Waals surface area (Å²) < 4.78 is 0. The molecule has 12 heavy (non-hydrogen) atoms. The molecule has 0 bridgehead atoms. The summed E-state index contributed by atoms with van der Waals surface area (Å²) in [4.78, 5) is 14.4. The van der Waals surface area contributed by atoms with Crippen molar-refractivity contribution >= 4 is 22.8 Å². The van der Waals surface area contributed by atoms with E-state index in [9.17, 15) is 0 Å². The Labute approximate surface area is 72.4 Å². The fraction of sp³-hybridized carbons (Fsp3) is 0.167. The van der Waals surface area contributed by atoms with Crippen LogP contribution in [0.1, 0.15) is 5.82 Å². The summed E-state index contributed by atoms with van der Waals surface area (Å²) in [6.45, 7) is -0.160. The Morgan fingerprint density at radius 3 is 3.00 bits per heavy atom. The van der Waals surface area contributed by atoms with E-state index < -0.39 is 0 Å². The van der Waals surface area contributed by atoms with E-state index >= 15 is 0 Å². The Hall–Kier alpha value is -1.20. The molecule has 2 aromatic heterocycles. The number of rotatable bonds is 1. The van der Waals surface area contributed by atoms with Crippen molar-refractivity contribution < 1.29 is 5.11 Å². The van der Waals surface area contributed by atoms with Crippen LogP contribution in [0.3, 0.4) is 0 Å².